The molecule has 7 heteroatoms. The summed E-state index contributed by atoms with van der Waals surface area (Å²) in [6.45, 7) is 3.32. The Hall–Kier alpha value is -0.300. The van der Waals surface area contributed by atoms with Gasteiger partial charge in [0.2, 0.25) is 0 Å². The van der Waals surface area contributed by atoms with Crippen LogP contribution in [-0.2, 0) is 9.84 Å². The summed E-state index contributed by atoms with van der Waals surface area (Å²) >= 11 is 0. The molecule has 0 aliphatic rings. The van der Waals surface area contributed by atoms with Crippen molar-refractivity contribution in [1.29, 1.82) is 0 Å². The zero-order valence-electron chi connectivity index (χ0n) is 10.8. The molecule has 0 spiro atoms. The smallest absolute Gasteiger partial charge is 0.390 e. The van der Waals surface area contributed by atoms with Gasteiger partial charge in [0.1, 0.15) is 0 Å². The molecule has 0 fully saturated rings. The molecule has 1 N–H and O–H groups in total. The highest BCUT2D eigenvalue weighted by molar-refractivity contribution is 7.91. The molecule has 0 atom stereocenters. The van der Waals surface area contributed by atoms with Crippen molar-refractivity contribution in [2.75, 3.05) is 11.5 Å². The maximum Gasteiger partial charge on any atom is 0.390 e. The number of hydrogen-bond acceptors (Lipinski definition) is 3. The minimum atomic E-state index is -4.42. The monoisotopic (exact) mass is 290 g/mol. The molecule has 0 saturated carbocycles. The number of alkyl halides is 3. The summed E-state index contributed by atoms with van der Waals surface area (Å²) in [5, 5.41) is 9.41. The summed E-state index contributed by atoms with van der Waals surface area (Å²) in [5.74, 6) is -1.04. The Bertz CT molecular complexity index is 328. The molecule has 18 heavy (non-hydrogen) atoms. The number of halogens is 3. The Morgan fingerprint density at radius 2 is 1.50 bits per heavy atom. The maximum atomic E-state index is 11.9. The van der Waals surface area contributed by atoms with Crippen LogP contribution in [0.25, 0.3) is 0 Å². The van der Waals surface area contributed by atoms with Crippen molar-refractivity contribution in [3.8, 4) is 0 Å². The van der Waals surface area contributed by atoms with Crippen LogP contribution in [0.15, 0.2) is 0 Å². The van der Waals surface area contributed by atoms with E-state index in [0.717, 1.165) is 0 Å². The van der Waals surface area contributed by atoms with Gasteiger partial charge in [0, 0.05) is 0 Å². The van der Waals surface area contributed by atoms with Crippen LogP contribution in [-0.4, -0.2) is 36.8 Å². The van der Waals surface area contributed by atoms with E-state index in [9.17, 15) is 26.7 Å². The SMILES string of the molecule is CC(C)(O)CCCCCS(=O)(=O)CCC(F)(F)F. The second kappa shape index (κ2) is 6.75. The number of sulfone groups is 1. The van der Waals surface area contributed by atoms with Crippen LogP contribution in [0.4, 0.5) is 13.2 Å². The highest BCUT2D eigenvalue weighted by Gasteiger charge is 2.29. The van der Waals surface area contributed by atoms with E-state index >= 15 is 0 Å². The zero-order chi connectivity index (χ0) is 14.4. The molecule has 0 unspecified atom stereocenters. The highest BCUT2D eigenvalue weighted by atomic mass is 32.2. The molecule has 0 aromatic rings. The first-order chi connectivity index (χ1) is 7.91. The molecule has 0 heterocycles. The van der Waals surface area contributed by atoms with E-state index < -0.39 is 33.8 Å². The molecule has 0 amide bonds. The first-order valence-electron chi connectivity index (χ1n) is 5.91. The van der Waals surface area contributed by atoms with Crippen molar-refractivity contribution in [3.63, 3.8) is 0 Å². The summed E-state index contributed by atoms with van der Waals surface area (Å²) < 4.78 is 58.2. The van der Waals surface area contributed by atoms with Gasteiger partial charge in [-0.05, 0) is 26.7 Å². The Kier molecular flexibility index (Phi) is 6.63. The van der Waals surface area contributed by atoms with Crippen LogP contribution >= 0.6 is 0 Å². The van der Waals surface area contributed by atoms with Gasteiger partial charge in [-0.15, -0.1) is 0 Å². The zero-order valence-corrected chi connectivity index (χ0v) is 11.6. The summed E-state index contributed by atoms with van der Waals surface area (Å²) in [6, 6.07) is 0. The normalized spacial score (nSPS) is 13.9. The van der Waals surface area contributed by atoms with Crippen molar-refractivity contribution in [2.24, 2.45) is 0 Å². The van der Waals surface area contributed by atoms with Crippen molar-refractivity contribution >= 4 is 9.84 Å². The molecule has 0 rings (SSSR count). The van der Waals surface area contributed by atoms with Crippen LogP contribution in [0.5, 0.6) is 0 Å². The summed E-state index contributed by atoms with van der Waals surface area (Å²) in [7, 11) is -3.61. The van der Waals surface area contributed by atoms with E-state index in [4.69, 9.17) is 0 Å². The lowest BCUT2D eigenvalue weighted by atomic mass is 10.0. The average molecular weight is 290 g/mol. The van der Waals surface area contributed by atoms with E-state index in [1.807, 2.05) is 0 Å². The second-order valence-electron chi connectivity index (χ2n) is 5.14. The Morgan fingerprint density at radius 3 is 1.94 bits per heavy atom. The Labute approximate surface area is 106 Å². The van der Waals surface area contributed by atoms with Gasteiger partial charge >= 0.3 is 6.18 Å². The standard InChI is InChI=1S/C11H21F3O3S/c1-10(2,15)6-4-3-5-8-18(16,17)9-7-11(12,13)14/h15H,3-9H2,1-2H3. The van der Waals surface area contributed by atoms with E-state index in [2.05, 4.69) is 0 Å². The lowest BCUT2D eigenvalue weighted by Gasteiger charge is -2.16. The number of unbranched alkanes of at least 4 members (excludes halogenated alkanes) is 2. The van der Waals surface area contributed by atoms with Gasteiger partial charge in [-0.3, -0.25) is 0 Å². The predicted molar refractivity (Wildman–Crippen MR) is 64.1 cm³/mol. The van der Waals surface area contributed by atoms with E-state index in [1.165, 1.54) is 0 Å². The first-order valence-corrected chi connectivity index (χ1v) is 7.73. The fourth-order valence-corrected chi connectivity index (χ4v) is 2.82. The van der Waals surface area contributed by atoms with Crippen LogP contribution < -0.4 is 0 Å². The molecule has 0 aliphatic heterocycles. The number of hydrogen-bond donors (Lipinski definition) is 1. The summed E-state index contributed by atoms with van der Waals surface area (Å²) in [4.78, 5) is 0. The number of rotatable bonds is 8. The van der Waals surface area contributed by atoms with Gasteiger partial charge in [-0.25, -0.2) is 8.42 Å². The molecule has 110 valence electrons. The van der Waals surface area contributed by atoms with Crippen molar-refractivity contribution in [2.45, 2.75) is 57.7 Å². The van der Waals surface area contributed by atoms with Crippen molar-refractivity contribution in [3.05, 3.63) is 0 Å². The molecule has 0 aromatic carbocycles. The third kappa shape index (κ3) is 12.2. The maximum absolute atomic E-state index is 11.9. The molecular formula is C11H21F3O3S. The van der Waals surface area contributed by atoms with Crippen LogP contribution in [0.2, 0.25) is 0 Å². The number of aliphatic hydroxyl groups is 1. The van der Waals surface area contributed by atoms with Gasteiger partial charge in [0.05, 0.1) is 23.5 Å². The Balaban J connectivity index is 3.79. The molecule has 0 aromatic heterocycles. The van der Waals surface area contributed by atoms with Gasteiger partial charge in [0.15, 0.2) is 9.84 Å². The fraction of sp³-hybridized carbons (Fsp3) is 1.00. The lowest BCUT2D eigenvalue weighted by Crippen LogP contribution is -2.19. The topological polar surface area (TPSA) is 54.4 Å². The van der Waals surface area contributed by atoms with Gasteiger partial charge in [-0.2, -0.15) is 13.2 Å². The summed E-state index contributed by atoms with van der Waals surface area (Å²) in [5.41, 5.74) is -0.783. The third-order valence-electron chi connectivity index (χ3n) is 2.44. The van der Waals surface area contributed by atoms with E-state index in [0.29, 0.717) is 25.7 Å². The molecule has 0 radical (unpaired) electrons. The Morgan fingerprint density at radius 1 is 0.944 bits per heavy atom. The van der Waals surface area contributed by atoms with Gasteiger partial charge in [0.25, 0.3) is 0 Å². The molecular weight excluding hydrogens is 269 g/mol. The van der Waals surface area contributed by atoms with Crippen LogP contribution in [0, 0.1) is 0 Å². The third-order valence-corrected chi connectivity index (χ3v) is 4.18. The van der Waals surface area contributed by atoms with Gasteiger partial charge < -0.3 is 5.11 Å². The van der Waals surface area contributed by atoms with E-state index in [-0.39, 0.29) is 5.75 Å². The lowest BCUT2D eigenvalue weighted by molar-refractivity contribution is -0.129. The van der Waals surface area contributed by atoms with Gasteiger partial charge in [-0.1, -0.05) is 12.8 Å². The van der Waals surface area contributed by atoms with Crippen molar-refractivity contribution in [1.82, 2.24) is 0 Å². The molecule has 0 aliphatic carbocycles. The van der Waals surface area contributed by atoms with E-state index in [1.54, 1.807) is 13.8 Å². The van der Waals surface area contributed by atoms with Crippen molar-refractivity contribution < 1.29 is 26.7 Å². The fourth-order valence-electron chi connectivity index (χ4n) is 1.43. The minimum absolute atomic E-state index is 0.213. The van der Waals surface area contributed by atoms with Crippen LogP contribution in [0.3, 0.4) is 0 Å². The largest absolute Gasteiger partial charge is 0.390 e. The predicted octanol–water partition coefficient (Wildman–Crippen LogP) is 2.68. The quantitative estimate of drug-likeness (QED) is 0.699. The first kappa shape index (κ1) is 17.7. The second-order valence-corrected chi connectivity index (χ2v) is 7.44. The molecule has 0 saturated heterocycles. The van der Waals surface area contributed by atoms with Crippen LogP contribution in [0.1, 0.15) is 46.0 Å². The minimum Gasteiger partial charge on any atom is -0.390 e. The average Bonchev–Trinajstić information content (AvgIpc) is 2.11. The highest BCUT2D eigenvalue weighted by Crippen LogP contribution is 2.20. The molecule has 3 nitrogen and oxygen atoms in total. The molecule has 0 bridgehead atoms. The summed E-state index contributed by atoms with van der Waals surface area (Å²) in [6.07, 6.45) is -3.55.